The fraction of sp³-hybridized carbons (Fsp3) is 0. The highest BCUT2D eigenvalue weighted by Crippen LogP contribution is 2.26. The maximum atomic E-state index is 14.2. The van der Waals surface area contributed by atoms with Crippen LogP contribution < -0.4 is 4.48 Å². The standard InChI is InChI=1S/C11H9BF2N2.I2/c13-12(14)15-7-3-1-5-10(15)9-11-6-2-4-8-16(11)12;1-2/h1-9H;. The molecule has 0 atom stereocenters. The van der Waals surface area contributed by atoms with Crippen molar-refractivity contribution in [2.24, 2.45) is 0 Å². The highest BCUT2D eigenvalue weighted by Gasteiger charge is 2.50. The van der Waals surface area contributed by atoms with E-state index in [0.29, 0.717) is 11.4 Å². The van der Waals surface area contributed by atoms with Gasteiger partial charge >= 0.3 is 6.97 Å². The van der Waals surface area contributed by atoms with Gasteiger partial charge in [-0.25, -0.2) is 0 Å². The minimum atomic E-state index is -3.76. The molecule has 0 saturated heterocycles. The van der Waals surface area contributed by atoms with Crippen LogP contribution in [0, 0.1) is 0 Å². The van der Waals surface area contributed by atoms with Crippen molar-refractivity contribution in [1.82, 2.24) is 4.81 Å². The lowest BCUT2D eigenvalue weighted by Crippen LogP contribution is -2.70. The molecule has 1 aromatic heterocycles. The van der Waals surface area contributed by atoms with Crippen LogP contribution in [0.1, 0.15) is 5.69 Å². The molecule has 18 heavy (non-hydrogen) atoms. The van der Waals surface area contributed by atoms with Gasteiger partial charge in [-0.15, -0.1) is 0 Å². The van der Waals surface area contributed by atoms with Crippen LogP contribution in [-0.4, -0.2) is 11.8 Å². The molecule has 0 spiro atoms. The molecule has 0 aromatic carbocycles. The Kier molecular flexibility index (Phi) is 4.41. The Morgan fingerprint density at radius 2 is 1.94 bits per heavy atom. The van der Waals surface area contributed by atoms with Gasteiger partial charge in [0.15, 0.2) is 5.69 Å². The van der Waals surface area contributed by atoms with E-state index in [1.165, 1.54) is 12.4 Å². The highest BCUT2D eigenvalue weighted by molar-refractivity contribution is 15.0. The minimum Gasteiger partial charge on any atom is -0.396 e. The predicted octanol–water partition coefficient (Wildman–Crippen LogP) is 3.71. The van der Waals surface area contributed by atoms with Gasteiger partial charge in [-0.3, -0.25) is 0 Å². The molecule has 2 nitrogen and oxygen atoms in total. The monoisotopic (exact) mass is 472 g/mol. The van der Waals surface area contributed by atoms with E-state index >= 15 is 0 Å². The second-order valence-electron chi connectivity index (χ2n) is 3.80. The smallest absolute Gasteiger partial charge is 0.396 e. The Balaban J connectivity index is 0.000000574. The minimum absolute atomic E-state index is 0.527. The molecule has 0 amide bonds. The van der Waals surface area contributed by atoms with Gasteiger partial charge < -0.3 is 17.9 Å². The van der Waals surface area contributed by atoms with Gasteiger partial charge in [0, 0.05) is 55.1 Å². The zero-order chi connectivity index (χ0) is 13.2. The lowest BCUT2D eigenvalue weighted by atomic mass is 9.87. The number of aromatic nitrogens is 1. The summed E-state index contributed by atoms with van der Waals surface area (Å²) in [6.45, 7) is -3.76. The molecule has 0 aliphatic carbocycles. The number of hydrogen-bond donors (Lipinski definition) is 0. The van der Waals surface area contributed by atoms with Gasteiger partial charge in [0.2, 0.25) is 0 Å². The molecular weight excluding hydrogens is 463 g/mol. The van der Waals surface area contributed by atoms with Crippen LogP contribution in [0.15, 0.2) is 54.5 Å². The van der Waals surface area contributed by atoms with E-state index in [2.05, 4.69) is 37.2 Å². The summed E-state index contributed by atoms with van der Waals surface area (Å²) in [5, 5.41) is 0. The molecule has 2 aliphatic heterocycles. The fourth-order valence-electron chi connectivity index (χ4n) is 2.03. The Bertz CT molecular complexity index is 544. The van der Waals surface area contributed by atoms with Gasteiger partial charge in [-0.05, 0) is 24.4 Å². The Hall–Kier alpha value is -0.445. The summed E-state index contributed by atoms with van der Waals surface area (Å²) in [4.78, 5) is 1.02. The summed E-state index contributed by atoms with van der Waals surface area (Å²) in [7, 11) is 0. The number of hydrogen-bond acceptors (Lipinski definition) is 1. The molecule has 7 heteroatoms. The zero-order valence-corrected chi connectivity index (χ0v) is 13.5. The van der Waals surface area contributed by atoms with Crippen LogP contribution in [0.3, 0.4) is 0 Å². The van der Waals surface area contributed by atoms with Crippen molar-refractivity contribution in [3.8, 4) is 0 Å². The van der Waals surface area contributed by atoms with Gasteiger partial charge in [-0.2, -0.15) is 0 Å². The third kappa shape index (κ3) is 2.34. The average Bonchev–Trinajstić information content (AvgIpc) is 2.41. The van der Waals surface area contributed by atoms with Crippen molar-refractivity contribution < 1.29 is 13.1 Å². The molecule has 0 N–H and O–H groups in total. The molecule has 0 unspecified atom stereocenters. The molecule has 1 aromatic rings. The largest absolute Gasteiger partial charge is 0.736 e. The highest BCUT2D eigenvalue weighted by atomic mass is 128. The molecule has 3 rings (SSSR count). The van der Waals surface area contributed by atoms with Crippen LogP contribution in [0.2, 0.25) is 0 Å². The van der Waals surface area contributed by atoms with E-state index in [1.807, 2.05) is 0 Å². The molecule has 94 valence electrons. The molecule has 0 saturated carbocycles. The molecule has 0 radical (unpaired) electrons. The lowest BCUT2D eigenvalue weighted by molar-refractivity contribution is -0.577. The normalized spacial score (nSPS) is 18.2. The summed E-state index contributed by atoms with van der Waals surface area (Å²) in [6.07, 6.45) is 9.63. The van der Waals surface area contributed by atoms with E-state index < -0.39 is 6.97 Å². The van der Waals surface area contributed by atoms with Crippen molar-refractivity contribution in [1.29, 1.82) is 0 Å². The maximum Gasteiger partial charge on any atom is 0.736 e. The lowest BCUT2D eigenvalue weighted by Gasteiger charge is -2.37. The average molecular weight is 472 g/mol. The van der Waals surface area contributed by atoms with E-state index in [-0.39, 0.29) is 0 Å². The van der Waals surface area contributed by atoms with Crippen molar-refractivity contribution in [3.05, 3.63) is 60.2 Å². The second kappa shape index (κ2) is 5.68. The van der Waals surface area contributed by atoms with Crippen LogP contribution in [0.25, 0.3) is 6.08 Å². The van der Waals surface area contributed by atoms with Crippen molar-refractivity contribution >= 4 is 50.3 Å². The molecule has 0 bridgehead atoms. The van der Waals surface area contributed by atoms with E-state index in [0.717, 1.165) is 9.29 Å². The summed E-state index contributed by atoms with van der Waals surface area (Å²) < 4.78 is 29.3. The van der Waals surface area contributed by atoms with E-state index in [1.54, 1.807) is 42.5 Å². The summed E-state index contributed by atoms with van der Waals surface area (Å²) in [5.74, 6) is 0. The van der Waals surface area contributed by atoms with Crippen LogP contribution in [0.5, 0.6) is 0 Å². The Morgan fingerprint density at radius 3 is 2.72 bits per heavy atom. The first-order valence-corrected chi connectivity index (χ1v) is 11.5. The second-order valence-corrected chi connectivity index (χ2v) is 3.80. The summed E-state index contributed by atoms with van der Waals surface area (Å²) in [5.41, 5.74) is 1.05. The first kappa shape index (κ1) is 14.0. The number of rotatable bonds is 0. The molecule has 3 heterocycles. The molecule has 0 fully saturated rings. The van der Waals surface area contributed by atoms with Gasteiger partial charge in [0.1, 0.15) is 6.20 Å². The third-order valence-electron chi connectivity index (χ3n) is 2.81. The van der Waals surface area contributed by atoms with Crippen LogP contribution in [0.4, 0.5) is 8.63 Å². The Labute approximate surface area is 127 Å². The molecule has 2 aliphatic rings. The van der Waals surface area contributed by atoms with Gasteiger partial charge in [-0.1, -0.05) is 12.1 Å². The fourth-order valence-corrected chi connectivity index (χ4v) is 2.03. The predicted molar refractivity (Wildman–Crippen MR) is 86.1 cm³/mol. The number of halogens is 4. The van der Waals surface area contributed by atoms with Crippen LogP contribution in [-0.2, 0) is 0 Å². The van der Waals surface area contributed by atoms with Crippen molar-refractivity contribution in [2.45, 2.75) is 0 Å². The van der Waals surface area contributed by atoms with E-state index in [4.69, 9.17) is 0 Å². The number of pyridine rings is 1. The van der Waals surface area contributed by atoms with Gasteiger partial charge in [0.05, 0.1) is 0 Å². The number of fused-ring (bicyclic) bond motifs is 2. The SMILES string of the molecule is F[B-]1(F)N2C=CC=CC2=Cc2cccc[n+]21.II. The maximum absolute atomic E-state index is 14.2. The van der Waals surface area contributed by atoms with Gasteiger partial charge in [0.25, 0.3) is 0 Å². The van der Waals surface area contributed by atoms with E-state index in [9.17, 15) is 8.63 Å². The number of nitrogens with zero attached hydrogens (tertiary/aromatic N) is 2. The third-order valence-corrected chi connectivity index (χ3v) is 2.81. The van der Waals surface area contributed by atoms with Crippen LogP contribution >= 0.6 is 37.2 Å². The first-order valence-electron chi connectivity index (χ1n) is 5.21. The topological polar surface area (TPSA) is 7.12 Å². The summed E-state index contributed by atoms with van der Waals surface area (Å²) in [6, 6.07) is 5.06. The first-order chi connectivity index (χ1) is 8.69. The number of allylic oxidation sites excluding steroid dienone is 3. The Morgan fingerprint density at radius 1 is 1.17 bits per heavy atom. The van der Waals surface area contributed by atoms with Crippen molar-refractivity contribution in [2.75, 3.05) is 0 Å². The molecular formula is C11H9BF2I2N2. The quantitative estimate of drug-likeness (QED) is 0.413. The van der Waals surface area contributed by atoms with Crippen molar-refractivity contribution in [3.63, 3.8) is 0 Å². The zero-order valence-electron chi connectivity index (χ0n) is 9.18. The summed E-state index contributed by atoms with van der Waals surface area (Å²) >= 11 is 4.24.